The molecule has 4 aromatic rings. The van der Waals surface area contributed by atoms with E-state index in [1.807, 2.05) is 0 Å². The Hall–Kier alpha value is -4.28. The van der Waals surface area contributed by atoms with Crippen LogP contribution in [0.3, 0.4) is 0 Å². The molecule has 0 radical (unpaired) electrons. The van der Waals surface area contributed by atoms with Crippen LogP contribution in [-0.2, 0) is 19.0 Å². The fourth-order valence-corrected chi connectivity index (χ4v) is 3.51. The number of hydrazone groups is 1. The van der Waals surface area contributed by atoms with Crippen LogP contribution in [0.2, 0.25) is 0 Å². The van der Waals surface area contributed by atoms with Crippen molar-refractivity contribution in [2.45, 2.75) is 17.1 Å². The number of anilines is 1. The van der Waals surface area contributed by atoms with Crippen LogP contribution >= 0.6 is 11.8 Å². The molecule has 0 aliphatic heterocycles. The van der Waals surface area contributed by atoms with E-state index in [0.29, 0.717) is 10.7 Å². The van der Waals surface area contributed by atoms with Crippen molar-refractivity contribution in [1.82, 2.24) is 45.5 Å². The Balaban J connectivity index is 1.53. The van der Waals surface area contributed by atoms with Gasteiger partial charge in [0.15, 0.2) is 10.9 Å². The molecular formula is C17H14F3N11O2S. The van der Waals surface area contributed by atoms with Crippen molar-refractivity contribution >= 4 is 29.7 Å². The number of amides is 1. The fourth-order valence-electron chi connectivity index (χ4n) is 2.63. The second-order valence-corrected chi connectivity index (χ2v) is 7.54. The molecule has 17 heteroatoms. The molecule has 0 fully saturated rings. The first-order valence-electron chi connectivity index (χ1n) is 9.24. The molecule has 0 saturated heterocycles. The number of alkyl halides is 3. The number of nitrogen functional groups attached to an aromatic ring is 1. The van der Waals surface area contributed by atoms with E-state index in [1.54, 1.807) is 11.6 Å². The summed E-state index contributed by atoms with van der Waals surface area (Å²) in [5.41, 5.74) is 7.75. The van der Waals surface area contributed by atoms with Crippen LogP contribution in [-0.4, -0.2) is 52.2 Å². The number of halogens is 3. The highest BCUT2D eigenvalue weighted by atomic mass is 32.2. The zero-order chi connectivity index (χ0) is 24.3. The van der Waals surface area contributed by atoms with Crippen molar-refractivity contribution in [2.24, 2.45) is 12.1 Å². The summed E-state index contributed by atoms with van der Waals surface area (Å²) >= 11 is 1.24. The van der Waals surface area contributed by atoms with Crippen molar-refractivity contribution < 1.29 is 22.6 Å². The fraction of sp³-hybridized carbons (Fsp3) is 0.176. The summed E-state index contributed by atoms with van der Waals surface area (Å²) in [6.07, 6.45) is -1.74. The van der Waals surface area contributed by atoms with Gasteiger partial charge >= 0.3 is 6.18 Å². The summed E-state index contributed by atoms with van der Waals surface area (Å²) < 4.78 is 45.5. The number of carbonyl (C=O) groups is 1. The molecule has 0 saturated carbocycles. The van der Waals surface area contributed by atoms with E-state index in [-0.39, 0.29) is 28.8 Å². The van der Waals surface area contributed by atoms with Crippen LogP contribution in [0.1, 0.15) is 27.3 Å². The van der Waals surface area contributed by atoms with Crippen LogP contribution in [0.5, 0.6) is 0 Å². The lowest BCUT2D eigenvalue weighted by Crippen LogP contribution is -2.20. The number of carbonyl (C=O) groups excluding carboxylic acids is 1. The van der Waals surface area contributed by atoms with Gasteiger partial charge in [-0.25, -0.2) is 10.1 Å². The monoisotopic (exact) mass is 493 g/mol. The molecule has 34 heavy (non-hydrogen) atoms. The van der Waals surface area contributed by atoms with Gasteiger partial charge in [-0.3, -0.25) is 4.79 Å². The third kappa shape index (κ3) is 4.87. The van der Waals surface area contributed by atoms with Crippen molar-refractivity contribution in [1.29, 1.82) is 0 Å². The summed E-state index contributed by atoms with van der Waals surface area (Å²) in [6, 6.07) is 4.26. The van der Waals surface area contributed by atoms with Gasteiger partial charge in [0.2, 0.25) is 11.6 Å². The predicted octanol–water partition coefficient (Wildman–Crippen LogP) is 1.44. The summed E-state index contributed by atoms with van der Waals surface area (Å²) in [4.78, 5) is 12.7. The Morgan fingerprint density at radius 3 is 2.65 bits per heavy atom. The molecule has 1 amide bonds. The number of hydrogen-bond donors (Lipinski definition) is 2. The maximum atomic E-state index is 12.7. The number of aryl methyl sites for hydroxylation is 1. The van der Waals surface area contributed by atoms with Gasteiger partial charge in [0.05, 0.1) is 17.5 Å². The first-order valence-corrected chi connectivity index (χ1v) is 10.2. The van der Waals surface area contributed by atoms with Crippen LogP contribution in [0.25, 0.3) is 5.82 Å². The molecular weight excluding hydrogens is 479 g/mol. The van der Waals surface area contributed by atoms with E-state index in [2.05, 4.69) is 46.0 Å². The molecule has 3 aromatic heterocycles. The highest BCUT2D eigenvalue weighted by Gasteiger charge is 2.30. The zero-order valence-corrected chi connectivity index (χ0v) is 17.9. The Kier molecular flexibility index (Phi) is 6.26. The average molecular weight is 493 g/mol. The standard InChI is InChI=1S/C17H14F3N11O2S/c1-30-8-23-26-16(30)34-7-11-12(24-29-31(11)14-13(21)27-33-28-14)15(32)25-22-6-9-2-4-10(5-3-9)17(18,19)20/h2-6,8H,7H2,1H3,(H2,21,27)(H,25,32). The minimum Gasteiger partial charge on any atom is -0.378 e. The molecule has 0 unspecified atom stereocenters. The first-order chi connectivity index (χ1) is 16.2. The topological polar surface area (TPSA) is 168 Å². The van der Waals surface area contributed by atoms with Gasteiger partial charge in [0, 0.05) is 12.8 Å². The number of nitrogens with zero attached hydrogens (tertiary/aromatic N) is 9. The maximum absolute atomic E-state index is 12.7. The molecule has 0 bridgehead atoms. The Morgan fingerprint density at radius 1 is 1.26 bits per heavy atom. The summed E-state index contributed by atoms with van der Waals surface area (Å²) in [7, 11) is 1.75. The molecule has 0 atom stereocenters. The van der Waals surface area contributed by atoms with Gasteiger partial charge < -0.3 is 10.3 Å². The quantitative estimate of drug-likeness (QED) is 0.218. The van der Waals surface area contributed by atoms with Gasteiger partial charge in [-0.2, -0.15) is 23.0 Å². The van der Waals surface area contributed by atoms with E-state index in [1.165, 1.54) is 41.1 Å². The average Bonchev–Trinajstić information content (AvgIpc) is 3.51. The van der Waals surface area contributed by atoms with E-state index in [0.717, 1.165) is 12.1 Å². The minimum atomic E-state index is -4.45. The molecule has 176 valence electrons. The van der Waals surface area contributed by atoms with E-state index < -0.39 is 17.6 Å². The Labute approximate surface area is 192 Å². The number of benzene rings is 1. The maximum Gasteiger partial charge on any atom is 0.416 e. The Bertz CT molecular complexity index is 1330. The lowest BCUT2D eigenvalue weighted by molar-refractivity contribution is -0.137. The highest BCUT2D eigenvalue weighted by molar-refractivity contribution is 7.98. The van der Waals surface area contributed by atoms with E-state index in [4.69, 9.17) is 5.73 Å². The number of aromatic nitrogens is 8. The number of nitrogens with two attached hydrogens (primary N) is 1. The van der Waals surface area contributed by atoms with Gasteiger partial charge in [-0.15, -0.1) is 15.3 Å². The largest absolute Gasteiger partial charge is 0.416 e. The van der Waals surface area contributed by atoms with Gasteiger partial charge in [0.1, 0.15) is 6.33 Å². The highest BCUT2D eigenvalue weighted by Crippen LogP contribution is 2.29. The minimum absolute atomic E-state index is 0.0355. The van der Waals surface area contributed by atoms with Gasteiger partial charge in [-0.05, 0) is 28.0 Å². The number of hydrogen-bond acceptors (Lipinski definition) is 11. The first kappa shape index (κ1) is 22.9. The summed E-state index contributed by atoms with van der Waals surface area (Å²) in [6.45, 7) is 0. The van der Waals surface area contributed by atoms with Crippen molar-refractivity contribution in [3.05, 3.63) is 53.1 Å². The SMILES string of the molecule is Cn1cnnc1SCc1c(C(=O)NN=Cc2ccc(C(F)(F)F)cc2)nnn1-c1nonc1N. The summed E-state index contributed by atoms with van der Waals surface area (Å²) in [5, 5.41) is 27.0. The van der Waals surface area contributed by atoms with Crippen LogP contribution in [0.4, 0.5) is 19.0 Å². The van der Waals surface area contributed by atoms with Crippen molar-refractivity contribution in [2.75, 3.05) is 5.73 Å². The molecule has 1 aromatic carbocycles. The Morgan fingerprint density at radius 2 is 2.03 bits per heavy atom. The molecule has 3 N–H and O–H groups in total. The molecule has 0 aliphatic carbocycles. The number of nitrogens with one attached hydrogen (secondary N) is 1. The second kappa shape index (κ2) is 9.30. The lowest BCUT2D eigenvalue weighted by atomic mass is 10.1. The summed E-state index contributed by atoms with van der Waals surface area (Å²) in [5.74, 6) is -0.592. The van der Waals surface area contributed by atoms with E-state index in [9.17, 15) is 18.0 Å². The van der Waals surface area contributed by atoms with E-state index >= 15 is 0 Å². The third-order valence-corrected chi connectivity index (χ3v) is 5.35. The normalized spacial score (nSPS) is 11.9. The van der Waals surface area contributed by atoms with Gasteiger partial charge in [-0.1, -0.05) is 29.1 Å². The second-order valence-electron chi connectivity index (χ2n) is 6.60. The molecule has 13 nitrogen and oxygen atoms in total. The number of thioether (sulfide) groups is 1. The lowest BCUT2D eigenvalue weighted by Gasteiger charge is -2.06. The van der Waals surface area contributed by atoms with Gasteiger partial charge in [0.25, 0.3) is 5.91 Å². The van der Waals surface area contributed by atoms with Crippen LogP contribution in [0.15, 0.2) is 45.5 Å². The zero-order valence-electron chi connectivity index (χ0n) is 17.1. The molecule has 0 aliphatic rings. The molecule has 3 heterocycles. The smallest absolute Gasteiger partial charge is 0.378 e. The molecule has 4 rings (SSSR count). The van der Waals surface area contributed by atoms with Crippen LogP contribution in [0, 0.1) is 0 Å². The van der Waals surface area contributed by atoms with Crippen LogP contribution < -0.4 is 11.2 Å². The predicted molar refractivity (Wildman–Crippen MR) is 111 cm³/mol. The van der Waals surface area contributed by atoms with Crippen molar-refractivity contribution in [3.8, 4) is 5.82 Å². The third-order valence-electron chi connectivity index (χ3n) is 4.30. The van der Waals surface area contributed by atoms with Crippen molar-refractivity contribution in [3.63, 3.8) is 0 Å². The number of rotatable bonds is 7. The molecule has 0 spiro atoms.